The van der Waals surface area contributed by atoms with Crippen molar-refractivity contribution >= 4 is 29.5 Å². The lowest BCUT2D eigenvalue weighted by Crippen LogP contribution is -2.27. The third-order valence-electron chi connectivity index (χ3n) is 4.37. The maximum Gasteiger partial charge on any atom is 0.414 e. The van der Waals surface area contributed by atoms with Crippen molar-refractivity contribution in [2.24, 2.45) is 10.9 Å². The van der Waals surface area contributed by atoms with Crippen LogP contribution < -0.4 is 16.0 Å². The number of carboxylic acid groups (broad SMARTS) is 2. The summed E-state index contributed by atoms with van der Waals surface area (Å²) in [7, 11) is 0. The number of aliphatic imine (C=N–C) groups is 1. The topological polar surface area (TPSA) is 140 Å². The van der Waals surface area contributed by atoms with Crippen molar-refractivity contribution < 1.29 is 24.6 Å². The van der Waals surface area contributed by atoms with Crippen molar-refractivity contribution in [3.63, 3.8) is 0 Å². The Morgan fingerprint density at radius 2 is 1.53 bits per heavy atom. The second kappa shape index (κ2) is 12.1. The van der Waals surface area contributed by atoms with Gasteiger partial charge in [-0.25, -0.2) is 9.59 Å². The molecule has 1 heterocycles. The van der Waals surface area contributed by atoms with Gasteiger partial charge >= 0.3 is 11.9 Å². The number of nitrogens with one attached hydrogen (secondary N) is 3. The van der Waals surface area contributed by atoms with Crippen LogP contribution in [0.1, 0.15) is 35.3 Å². The number of nitrogens with zero attached hydrogens (tertiary/aromatic N) is 1. The number of amides is 1. The largest absolute Gasteiger partial charge is 0.473 e. The van der Waals surface area contributed by atoms with E-state index in [0.717, 1.165) is 31.2 Å². The summed E-state index contributed by atoms with van der Waals surface area (Å²) in [5, 5.41) is 24.2. The zero-order valence-electron chi connectivity index (χ0n) is 18.1. The molecule has 170 valence electrons. The van der Waals surface area contributed by atoms with Crippen molar-refractivity contribution in [1.82, 2.24) is 10.6 Å². The number of aliphatic carboxylic acids is 2. The van der Waals surface area contributed by atoms with E-state index in [-0.39, 0.29) is 5.91 Å². The lowest BCUT2D eigenvalue weighted by atomic mass is 10.0. The number of rotatable bonds is 6. The van der Waals surface area contributed by atoms with E-state index < -0.39 is 11.9 Å². The minimum Gasteiger partial charge on any atom is -0.473 e. The van der Waals surface area contributed by atoms with E-state index in [0.29, 0.717) is 18.0 Å². The zero-order valence-corrected chi connectivity index (χ0v) is 18.1. The molecule has 0 spiro atoms. The monoisotopic (exact) mass is 440 g/mol. The Hall–Kier alpha value is -3.88. The highest BCUT2D eigenvalue weighted by Gasteiger charge is 2.07. The lowest BCUT2D eigenvalue weighted by Gasteiger charge is -2.09. The molecule has 9 heteroatoms. The van der Waals surface area contributed by atoms with Crippen LogP contribution >= 0.6 is 0 Å². The predicted molar refractivity (Wildman–Crippen MR) is 122 cm³/mol. The number of benzene rings is 2. The van der Waals surface area contributed by atoms with E-state index in [1.165, 1.54) is 11.1 Å². The molecule has 0 unspecified atom stereocenters. The van der Waals surface area contributed by atoms with Crippen LogP contribution in [0.25, 0.3) is 0 Å². The molecule has 1 amide bonds. The summed E-state index contributed by atoms with van der Waals surface area (Å²) < 4.78 is 0. The average Bonchev–Trinajstić information content (AvgIpc) is 3.27. The average molecular weight is 441 g/mol. The van der Waals surface area contributed by atoms with Crippen molar-refractivity contribution in [2.45, 2.75) is 20.3 Å². The van der Waals surface area contributed by atoms with Crippen LogP contribution in [-0.4, -0.2) is 53.7 Å². The Kier molecular flexibility index (Phi) is 9.22. The Labute approximate surface area is 186 Å². The van der Waals surface area contributed by atoms with Gasteiger partial charge in [0.2, 0.25) is 0 Å². The molecule has 1 aliphatic rings. The second-order valence-electron chi connectivity index (χ2n) is 7.57. The summed E-state index contributed by atoms with van der Waals surface area (Å²) in [4.78, 5) is 34.6. The Balaban J connectivity index is 0.000000534. The second-order valence-corrected chi connectivity index (χ2v) is 7.57. The van der Waals surface area contributed by atoms with Crippen molar-refractivity contribution in [3.05, 3.63) is 65.2 Å². The number of anilines is 1. The Morgan fingerprint density at radius 3 is 2.00 bits per heavy atom. The quantitative estimate of drug-likeness (QED) is 0.434. The minimum absolute atomic E-state index is 0.0101. The van der Waals surface area contributed by atoms with Gasteiger partial charge in [0, 0.05) is 24.3 Å². The number of carboxylic acids is 2. The first kappa shape index (κ1) is 24.4. The van der Waals surface area contributed by atoms with Crippen molar-refractivity contribution in [3.8, 4) is 0 Å². The first-order valence-corrected chi connectivity index (χ1v) is 10.2. The molecule has 0 bridgehead atoms. The summed E-state index contributed by atoms with van der Waals surface area (Å²) in [6.07, 6.45) is 0.841. The molecular weight excluding hydrogens is 412 g/mol. The van der Waals surface area contributed by atoms with Gasteiger partial charge in [-0.2, -0.15) is 0 Å². The van der Waals surface area contributed by atoms with Crippen LogP contribution in [0.4, 0.5) is 5.69 Å². The number of carbonyl (C=O) groups excluding carboxylic acids is 1. The molecular formula is C23H28N4O5. The maximum absolute atomic E-state index is 12.1. The van der Waals surface area contributed by atoms with Gasteiger partial charge in [-0.05, 0) is 47.7 Å². The molecule has 0 aliphatic carbocycles. The van der Waals surface area contributed by atoms with Crippen LogP contribution in [0.5, 0.6) is 0 Å². The fourth-order valence-electron chi connectivity index (χ4n) is 2.73. The van der Waals surface area contributed by atoms with Gasteiger partial charge in [-0.15, -0.1) is 0 Å². The summed E-state index contributed by atoms with van der Waals surface area (Å²) in [6, 6.07) is 16.2. The van der Waals surface area contributed by atoms with Crippen LogP contribution in [0.3, 0.4) is 0 Å². The molecule has 0 radical (unpaired) electrons. The summed E-state index contributed by atoms with van der Waals surface area (Å²) in [5.41, 5.74) is 4.15. The van der Waals surface area contributed by atoms with Gasteiger partial charge in [-0.3, -0.25) is 9.79 Å². The predicted octanol–water partition coefficient (Wildman–Crippen LogP) is 2.19. The number of hydrogen-bond acceptors (Lipinski definition) is 6. The SMILES string of the molecule is CC(C)CNC(=O)c1ccc(Cc2ccc(NC3=NCCN3)cc2)cc1.O=C(O)C(=O)O. The summed E-state index contributed by atoms with van der Waals surface area (Å²) >= 11 is 0. The molecule has 0 saturated heterocycles. The van der Waals surface area contributed by atoms with E-state index in [4.69, 9.17) is 19.8 Å². The van der Waals surface area contributed by atoms with Gasteiger partial charge in [0.25, 0.3) is 5.91 Å². The van der Waals surface area contributed by atoms with E-state index in [2.05, 4.69) is 59.1 Å². The first-order valence-electron chi connectivity index (χ1n) is 10.2. The van der Waals surface area contributed by atoms with E-state index in [1.54, 1.807) is 0 Å². The Bertz CT molecular complexity index is 941. The molecule has 1 aliphatic heterocycles. The van der Waals surface area contributed by atoms with Crippen LogP contribution in [0, 0.1) is 5.92 Å². The van der Waals surface area contributed by atoms with Gasteiger partial charge in [-0.1, -0.05) is 38.1 Å². The molecule has 3 rings (SSSR count). The third kappa shape index (κ3) is 8.47. The number of hydrogen-bond donors (Lipinski definition) is 5. The normalized spacial score (nSPS) is 12.2. The highest BCUT2D eigenvalue weighted by atomic mass is 16.4. The van der Waals surface area contributed by atoms with E-state index in [1.807, 2.05) is 24.3 Å². The number of guanidine groups is 1. The number of carbonyl (C=O) groups is 3. The standard InChI is InChI=1S/C21H26N4O.C2H2O4/c1-15(2)14-24-20(26)18-7-3-16(4-8-18)13-17-5-9-19(10-6-17)25-21-22-11-12-23-21;3-1(4)2(5)6/h3-10,15H,11-14H2,1-2H3,(H,24,26)(H2,22,23,25);(H,3,4)(H,5,6). The fraction of sp³-hybridized carbons (Fsp3) is 0.304. The zero-order chi connectivity index (χ0) is 23.5. The Morgan fingerprint density at radius 1 is 0.969 bits per heavy atom. The summed E-state index contributed by atoms with van der Waals surface area (Å²) in [5.74, 6) is -2.37. The van der Waals surface area contributed by atoms with Gasteiger partial charge in [0.1, 0.15) is 0 Å². The summed E-state index contributed by atoms with van der Waals surface area (Å²) in [6.45, 7) is 6.59. The lowest BCUT2D eigenvalue weighted by molar-refractivity contribution is -0.159. The first-order chi connectivity index (χ1) is 15.2. The molecule has 5 N–H and O–H groups in total. The molecule has 0 atom stereocenters. The smallest absolute Gasteiger partial charge is 0.414 e. The minimum atomic E-state index is -1.82. The molecule has 2 aromatic carbocycles. The van der Waals surface area contributed by atoms with E-state index in [9.17, 15) is 4.79 Å². The molecule has 32 heavy (non-hydrogen) atoms. The third-order valence-corrected chi connectivity index (χ3v) is 4.37. The van der Waals surface area contributed by atoms with Gasteiger partial charge in [0.05, 0.1) is 6.54 Å². The van der Waals surface area contributed by atoms with Crippen LogP contribution in [0.15, 0.2) is 53.5 Å². The van der Waals surface area contributed by atoms with Crippen LogP contribution in [0.2, 0.25) is 0 Å². The molecule has 0 fully saturated rings. The molecule has 2 aromatic rings. The van der Waals surface area contributed by atoms with Gasteiger partial charge < -0.3 is 26.2 Å². The van der Waals surface area contributed by atoms with Gasteiger partial charge in [0.15, 0.2) is 5.96 Å². The maximum atomic E-state index is 12.1. The highest BCUT2D eigenvalue weighted by Crippen LogP contribution is 2.15. The fourth-order valence-corrected chi connectivity index (χ4v) is 2.73. The van der Waals surface area contributed by atoms with E-state index >= 15 is 0 Å². The highest BCUT2D eigenvalue weighted by molar-refractivity contribution is 6.27. The molecule has 0 aromatic heterocycles. The van der Waals surface area contributed by atoms with Crippen molar-refractivity contribution in [2.75, 3.05) is 25.0 Å². The molecule has 9 nitrogen and oxygen atoms in total. The van der Waals surface area contributed by atoms with Crippen molar-refractivity contribution in [1.29, 1.82) is 0 Å². The molecule has 0 saturated carbocycles. The van der Waals surface area contributed by atoms with Crippen LogP contribution in [-0.2, 0) is 16.0 Å².